The maximum atomic E-state index is 12.1. The van der Waals surface area contributed by atoms with Crippen molar-refractivity contribution >= 4 is 77.7 Å². The first-order valence-corrected chi connectivity index (χ1v) is 8.63. The first-order valence-electron chi connectivity index (χ1n) is 5.96. The molecule has 0 spiro atoms. The molecule has 3 rings (SSSR count). The molecule has 0 radical (unpaired) electrons. The van der Waals surface area contributed by atoms with Crippen molar-refractivity contribution in [3.63, 3.8) is 0 Å². The first-order chi connectivity index (χ1) is 9.95. The fourth-order valence-electron chi connectivity index (χ4n) is 2.15. The van der Waals surface area contributed by atoms with Gasteiger partial charge < -0.3 is 10.4 Å². The number of aromatic hydroxyl groups is 1. The molecule has 3 nitrogen and oxygen atoms in total. The van der Waals surface area contributed by atoms with E-state index in [-0.39, 0.29) is 11.7 Å². The van der Waals surface area contributed by atoms with Crippen molar-refractivity contribution in [3.8, 4) is 5.75 Å². The van der Waals surface area contributed by atoms with Gasteiger partial charge in [-0.3, -0.25) is 4.79 Å². The average Bonchev–Trinajstić information content (AvgIpc) is 2.72. The summed E-state index contributed by atoms with van der Waals surface area (Å²) >= 11 is 8.88. The highest BCUT2D eigenvalue weighted by atomic mass is 127. The van der Waals surface area contributed by atoms with Crippen molar-refractivity contribution in [3.05, 3.63) is 54.0 Å². The van der Waals surface area contributed by atoms with E-state index < -0.39 is 0 Å². The van der Waals surface area contributed by atoms with Crippen molar-refractivity contribution in [1.29, 1.82) is 0 Å². The van der Waals surface area contributed by atoms with Crippen molar-refractivity contribution in [2.24, 2.45) is 0 Å². The molecule has 0 unspecified atom stereocenters. The molecule has 0 atom stereocenters. The average molecular weight is 521 g/mol. The van der Waals surface area contributed by atoms with Gasteiger partial charge in [-0.25, -0.2) is 0 Å². The Bertz CT molecular complexity index is 803. The van der Waals surface area contributed by atoms with E-state index in [4.69, 9.17) is 0 Å². The van der Waals surface area contributed by atoms with Crippen molar-refractivity contribution in [2.75, 3.05) is 5.32 Å². The lowest BCUT2D eigenvalue weighted by Crippen LogP contribution is -2.03. The number of phenols is 1. The summed E-state index contributed by atoms with van der Waals surface area (Å²) in [6.45, 7) is 0. The van der Waals surface area contributed by atoms with Crippen LogP contribution in [0.2, 0.25) is 0 Å². The number of benzene rings is 2. The Kier molecular flexibility index (Phi) is 4.11. The van der Waals surface area contributed by atoms with Crippen LogP contribution in [0.3, 0.4) is 0 Å². The Balaban J connectivity index is 2.18. The van der Waals surface area contributed by atoms with Gasteiger partial charge in [0.1, 0.15) is 5.75 Å². The Labute approximate surface area is 151 Å². The highest BCUT2D eigenvalue weighted by Gasteiger charge is 2.24. The summed E-state index contributed by atoms with van der Waals surface area (Å²) in [7, 11) is 0. The number of nitrogens with one attached hydrogen (secondary N) is 1. The number of fused-ring (bicyclic) bond motifs is 1. The SMILES string of the molecule is O=C1Nc2ccc(I)cc2C1=Cc1cc(Br)cc(Br)c1O. The standard InChI is InChI=1S/C15H8Br2INO2/c16-8-3-7(14(20)12(17)5-8)4-11-10-6-9(18)1-2-13(10)19-15(11)21/h1-6,20H,(H,19,21). The number of carbonyl (C=O) groups is 1. The molecular weight excluding hydrogens is 513 g/mol. The van der Waals surface area contributed by atoms with E-state index in [2.05, 4.69) is 59.8 Å². The maximum absolute atomic E-state index is 12.1. The molecule has 0 bridgehead atoms. The molecule has 1 aliphatic rings. The van der Waals surface area contributed by atoms with Crippen molar-refractivity contribution < 1.29 is 9.90 Å². The van der Waals surface area contributed by atoms with Gasteiger partial charge in [-0.1, -0.05) is 15.9 Å². The molecule has 2 N–H and O–H groups in total. The lowest BCUT2D eigenvalue weighted by atomic mass is 10.0. The molecule has 106 valence electrons. The minimum absolute atomic E-state index is 0.109. The summed E-state index contributed by atoms with van der Waals surface area (Å²) < 4.78 is 2.44. The van der Waals surface area contributed by atoms with E-state index in [0.717, 1.165) is 19.3 Å². The van der Waals surface area contributed by atoms with Gasteiger partial charge in [0.15, 0.2) is 0 Å². The monoisotopic (exact) mass is 519 g/mol. The summed E-state index contributed by atoms with van der Waals surface area (Å²) in [6, 6.07) is 9.29. The third-order valence-corrected chi connectivity index (χ3v) is 4.86. The van der Waals surface area contributed by atoms with E-state index in [1.54, 1.807) is 18.2 Å². The van der Waals surface area contributed by atoms with Gasteiger partial charge in [0, 0.05) is 30.4 Å². The van der Waals surface area contributed by atoms with Crippen molar-refractivity contribution in [2.45, 2.75) is 0 Å². The topological polar surface area (TPSA) is 49.3 Å². The Morgan fingerprint density at radius 1 is 1.19 bits per heavy atom. The summed E-state index contributed by atoms with van der Waals surface area (Å²) in [5, 5.41) is 13.0. The zero-order valence-corrected chi connectivity index (χ0v) is 15.8. The molecule has 0 fully saturated rings. The van der Waals surface area contributed by atoms with Gasteiger partial charge in [-0.15, -0.1) is 0 Å². The number of halogens is 3. The van der Waals surface area contributed by atoms with Gasteiger partial charge in [-0.05, 0) is 74.9 Å². The summed E-state index contributed by atoms with van der Waals surface area (Å²) in [4.78, 5) is 12.1. The maximum Gasteiger partial charge on any atom is 0.256 e. The molecule has 1 aliphatic heterocycles. The van der Waals surface area contributed by atoms with E-state index in [1.165, 1.54) is 0 Å². The fourth-order valence-corrected chi connectivity index (χ4v) is 3.90. The Hall–Kier alpha value is -0.860. The van der Waals surface area contributed by atoms with Gasteiger partial charge >= 0.3 is 0 Å². The molecule has 0 saturated heterocycles. The van der Waals surface area contributed by atoms with Crippen LogP contribution in [0, 0.1) is 3.57 Å². The van der Waals surface area contributed by atoms with Crippen LogP contribution in [0.4, 0.5) is 5.69 Å². The van der Waals surface area contributed by atoms with Crippen LogP contribution in [0.25, 0.3) is 11.6 Å². The van der Waals surface area contributed by atoms with Crippen LogP contribution in [0.15, 0.2) is 39.3 Å². The highest BCUT2D eigenvalue weighted by Crippen LogP contribution is 2.38. The van der Waals surface area contributed by atoms with Gasteiger partial charge in [-0.2, -0.15) is 0 Å². The zero-order valence-electron chi connectivity index (χ0n) is 10.5. The quantitative estimate of drug-likeness (QED) is 0.410. The smallest absolute Gasteiger partial charge is 0.256 e. The normalized spacial score (nSPS) is 15.2. The van der Waals surface area contributed by atoms with Gasteiger partial charge in [0.2, 0.25) is 0 Å². The third kappa shape index (κ3) is 2.89. The predicted molar refractivity (Wildman–Crippen MR) is 99.2 cm³/mol. The number of hydrogen-bond donors (Lipinski definition) is 2. The largest absolute Gasteiger partial charge is 0.506 e. The molecule has 2 aromatic carbocycles. The number of amides is 1. The summed E-state index contributed by atoms with van der Waals surface area (Å²) in [6.07, 6.45) is 1.70. The highest BCUT2D eigenvalue weighted by molar-refractivity contribution is 14.1. The Morgan fingerprint density at radius 2 is 1.95 bits per heavy atom. The van der Waals surface area contributed by atoms with Crippen LogP contribution >= 0.6 is 54.5 Å². The number of anilines is 1. The second kappa shape index (κ2) is 5.73. The lowest BCUT2D eigenvalue weighted by Gasteiger charge is -2.05. The molecule has 0 saturated carbocycles. The molecule has 0 aromatic heterocycles. The number of rotatable bonds is 1. The molecule has 2 aromatic rings. The number of carbonyl (C=O) groups excluding carboxylic acids is 1. The van der Waals surface area contributed by atoms with E-state index in [9.17, 15) is 9.90 Å². The van der Waals surface area contributed by atoms with E-state index in [1.807, 2.05) is 18.2 Å². The van der Waals surface area contributed by atoms with Crippen LogP contribution in [0.5, 0.6) is 5.75 Å². The first kappa shape index (κ1) is 15.1. The second-order valence-electron chi connectivity index (χ2n) is 4.53. The fraction of sp³-hybridized carbons (Fsp3) is 0. The molecule has 0 aliphatic carbocycles. The van der Waals surface area contributed by atoms with Crippen LogP contribution < -0.4 is 5.32 Å². The lowest BCUT2D eigenvalue weighted by molar-refractivity contribution is -0.110. The van der Waals surface area contributed by atoms with E-state index in [0.29, 0.717) is 15.6 Å². The van der Waals surface area contributed by atoms with Crippen LogP contribution in [-0.4, -0.2) is 11.0 Å². The van der Waals surface area contributed by atoms with E-state index >= 15 is 0 Å². The molecule has 6 heteroatoms. The molecule has 1 heterocycles. The predicted octanol–water partition coefficient (Wildman–Crippen LogP) is 5.01. The third-order valence-electron chi connectivity index (χ3n) is 3.12. The molecular formula is C15H8Br2INO2. The van der Waals surface area contributed by atoms with Crippen LogP contribution in [-0.2, 0) is 4.79 Å². The Morgan fingerprint density at radius 3 is 2.71 bits per heavy atom. The second-order valence-corrected chi connectivity index (χ2v) is 7.54. The van der Waals surface area contributed by atoms with Crippen LogP contribution in [0.1, 0.15) is 11.1 Å². The summed E-state index contributed by atoms with van der Waals surface area (Å²) in [5.74, 6) is -0.0555. The number of phenolic OH excluding ortho intramolecular Hbond substituents is 1. The van der Waals surface area contributed by atoms with Gasteiger partial charge in [0.05, 0.1) is 4.47 Å². The summed E-state index contributed by atoms with van der Waals surface area (Å²) in [5.41, 5.74) is 2.76. The zero-order chi connectivity index (χ0) is 15.1. The molecule has 1 amide bonds. The minimum Gasteiger partial charge on any atom is -0.506 e. The van der Waals surface area contributed by atoms with Gasteiger partial charge in [0.25, 0.3) is 5.91 Å². The van der Waals surface area contributed by atoms with Crippen molar-refractivity contribution in [1.82, 2.24) is 0 Å². The molecule has 21 heavy (non-hydrogen) atoms. The minimum atomic E-state index is -0.164. The number of hydrogen-bond acceptors (Lipinski definition) is 2.